The van der Waals surface area contributed by atoms with Gasteiger partial charge in [0.2, 0.25) is 5.91 Å². The molecule has 0 radical (unpaired) electrons. The monoisotopic (exact) mass is 374 g/mol. The Balaban J connectivity index is 1.44. The number of rotatable bonds is 2. The lowest BCUT2D eigenvalue weighted by Crippen LogP contribution is -2.43. The lowest BCUT2D eigenvalue weighted by atomic mass is 9.97. The Hall–Kier alpha value is -1.96. The van der Waals surface area contributed by atoms with Crippen molar-refractivity contribution in [3.8, 4) is 0 Å². The lowest BCUT2D eigenvalue weighted by molar-refractivity contribution is -0.135. The van der Waals surface area contributed by atoms with Crippen molar-refractivity contribution in [1.82, 2.24) is 19.5 Å². The standard InChI is InChI=1S/C18H22N4O3S/c1-11-6-17-19-9-14-15-3-2-13(8-16(14)22(17)20-11)21(15)18(23)7-12-4-5-26(24,25)10-12/h6,9,12-13,15H,2-5,7-8,10H2,1H3/t12-,13-,15+/m0/s1. The van der Waals surface area contributed by atoms with E-state index in [1.54, 1.807) is 0 Å². The summed E-state index contributed by atoms with van der Waals surface area (Å²) in [6.07, 6.45) is 5.58. The van der Waals surface area contributed by atoms with Gasteiger partial charge in [-0.3, -0.25) is 4.79 Å². The molecule has 0 saturated carbocycles. The minimum atomic E-state index is -2.95. The molecule has 5 heterocycles. The minimum absolute atomic E-state index is 0.0253. The number of aryl methyl sites for hydroxylation is 1. The van der Waals surface area contributed by atoms with Crippen molar-refractivity contribution >= 4 is 21.4 Å². The maximum Gasteiger partial charge on any atom is 0.223 e. The number of sulfone groups is 1. The number of hydrogen-bond acceptors (Lipinski definition) is 5. The molecule has 2 bridgehead atoms. The zero-order chi connectivity index (χ0) is 18.1. The van der Waals surface area contributed by atoms with Gasteiger partial charge in [-0.05, 0) is 32.1 Å². The number of carbonyl (C=O) groups is 1. The SMILES string of the molecule is Cc1cc2ncc3c(n2n1)C[C@@H]1CC[C@H]3N1C(=O)C[C@@H]1CCS(=O)(=O)C1. The van der Waals surface area contributed by atoms with Crippen LogP contribution in [-0.4, -0.2) is 51.4 Å². The highest BCUT2D eigenvalue weighted by molar-refractivity contribution is 7.91. The van der Waals surface area contributed by atoms with Crippen molar-refractivity contribution in [2.45, 2.75) is 51.1 Å². The molecule has 0 aliphatic carbocycles. The van der Waals surface area contributed by atoms with Crippen LogP contribution in [0.1, 0.15) is 48.7 Å². The van der Waals surface area contributed by atoms with Gasteiger partial charge in [0.1, 0.15) is 0 Å². The van der Waals surface area contributed by atoms with Gasteiger partial charge in [-0.2, -0.15) is 5.10 Å². The lowest BCUT2D eigenvalue weighted by Gasteiger charge is -2.36. The second-order valence-corrected chi connectivity index (χ2v) is 10.2. The molecular formula is C18H22N4O3S. The van der Waals surface area contributed by atoms with Crippen molar-refractivity contribution in [2.24, 2.45) is 5.92 Å². The van der Waals surface area contributed by atoms with E-state index in [1.807, 2.05) is 28.6 Å². The number of fused-ring (bicyclic) bond motifs is 6. The van der Waals surface area contributed by atoms with E-state index in [1.165, 1.54) is 5.69 Å². The maximum absolute atomic E-state index is 13.0. The van der Waals surface area contributed by atoms with Gasteiger partial charge in [-0.15, -0.1) is 0 Å². The van der Waals surface area contributed by atoms with Gasteiger partial charge in [0, 0.05) is 36.7 Å². The molecule has 2 fully saturated rings. The second kappa shape index (κ2) is 5.52. The number of nitrogens with zero attached hydrogens (tertiary/aromatic N) is 4. The van der Waals surface area contributed by atoms with E-state index in [-0.39, 0.29) is 35.4 Å². The molecule has 3 aliphatic heterocycles. The van der Waals surface area contributed by atoms with Crippen LogP contribution in [0.15, 0.2) is 12.3 Å². The Labute approximate surface area is 152 Å². The summed E-state index contributed by atoms with van der Waals surface area (Å²) in [5.41, 5.74) is 4.07. The van der Waals surface area contributed by atoms with Crippen molar-refractivity contribution in [2.75, 3.05) is 11.5 Å². The van der Waals surface area contributed by atoms with Gasteiger partial charge >= 0.3 is 0 Å². The van der Waals surface area contributed by atoms with Gasteiger partial charge in [0.25, 0.3) is 0 Å². The highest BCUT2D eigenvalue weighted by Gasteiger charge is 2.44. The third-order valence-electron chi connectivity index (χ3n) is 6.11. The normalized spacial score (nSPS) is 29.3. The molecule has 5 rings (SSSR count). The molecule has 3 aliphatic rings. The fourth-order valence-electron chi connectivity index (χ4n) is 4.97. The number of amides is 1. The maximum atomic E-state index is 13.0. The summed E-state index contributed by atoms with van der Waals surface area (Å²) in [5.74, 6) is 0.457. The first-order chi connectivity index (χ1) is 12.4. The molecule has 138 valence electrons. The van der Waals surface area contributed by atoms with Gasteiger partial charge in [0.15, 0.2) is 15.5 Å². The molecule has 1 amide bonds. The average molecular weight is 374 g/mol. The van der Waals surface area contributed by atoms with E-state index in [0.717, 1.165) is 36.2 Å². The smallest absolute Gasteiger partial charge is 0.223 e. The Kier molecular flexibility index (Phi) is 3.44. The van der Waals surface area contributed by atoms with E-state index in [9.17, 15) is 13.2 Å². The van der Waals surface area contributed by atoms with Gasteiger partial charge in [0.05, 0.1) is 28.9 Å². The Morgan fingerprint density at radius 3 is 2.92 bits per heavy atom. The molecule has 0 unspecified atom stereocenters. The van der Waals surface area contributed by atoms with Crippen molar-refractivity contribution in [3.05, 3.63) is 29.2 Å². The van der Waals surface area contributed by atoms with E-state index in [4.69, 9.17) is 0 Å². The second-order valence-electron chi connectivity index (χ2n) is 7.94. The van der Waals surface area contributed by atoms with Crippen molar-refractivity contribution in [1.29, 1.82) is 0 Å². The van der Waals surface area contributed by atoms with Crippen LogP contribution < -0.4 is 0 Å². The molecule has 26 heavy (non-hydrogen) atoms. The molecule has 3 atom stereocenters. The zero-order valence-electron chi connectivity index (χ0n) is 14.8. The van der Waals surface area contributed by atoms with Crippen LogP contribution >= 0.6 is 0 Å². The van der Waals surface area contributed by atoms with Crippen LogP contribution in [0.25, 0.3) is 5.65 Å². The fourth-order valence-corrected chi connectivity index (χ4v) is 6.83. The molecule has 0 spiro atoms. The Bertz CT molecular complexity index is 1010. The third kappa shape index (κ3) is 2.46. The van der Waals surface area contributed by atoms with E-state index in [0.29, 0.717) is 12.8 Å². The Morgan fingerprint density at radius 1 is 1.31 bits per heavy atom. The average Bonchev–Trinajstić information content (AvgIpc) is 3.22. The molecular weight excluding hydrogens is 352 g/mol. The first kappa shape index (κ1) is 16.2. The minimum Gasteiger partial charge on any atom is -0.332 e. The highest BCUT2D eigenvalue weighted by Crippen LogP contribution is 2.44. The number of hydrogen-bond donors (Lipinski definition) is 0. The molecule has 2 saturated heterocycles. The van der Waals surface area contributed by atoms with Crippen LogP contribution in [0, 0.1) is 12.8 Å². The Morgan fingerprint density at radius 2 is 2.15 bits per heavy atom. The number of aromatic nitrogens is 3. The molecule has 2 aromatic rings. The van der Waals surface area contributed by atoms with Crippen LogP contribution in [-0.2, 0) is 21.1 Å². The van der Waals surface area contributed by atoms with Crippen LogP contribution in [0.3, 0.4) is 0 Å². The first-order valence-electron chi connectivity index (χ1n) is 9.27. The quantitative estimate of drug-likeness (QED) is 0.794. The predicted octanol–water partition coefficient (Wildman–Crippen LogP) is 1.45. The van der Waals surface area contributed by atoms with Crippen LogP contribution in [0.2, 0.25) is 0 Å². The van der Waals surface area contributed by atoms with E-state index in [2.05, 4.69) is 10.1 Å². The molecule has 0 N–H and O–H groups in total. The van der Waals surface area contributed by atoms with Gasteiger partial charge < -0.3 is 4.90 Å². The highest BCUT2D eigenvalue weighted by atomic mass is 32.2. The number of carbonyl (C=O) groups excluding carboxylic acids is 1. The fraction of sp³-hybridized carbons (Fsp3) is 0.611. The summed E-state index contributed by atoms with van der Waals surface area (Å²) < 4.78 is 25.3. The van der Waals surface area contributed by atoms with E-state index < -0.39 is 9.84 Å². The van der Waals surface area contributed by atoms with Gasteiger partial charge in [-0.25, -0.2) is 17.9 Å². The van der Waals surface area contributed by atoms with Gasteiger partial charge in [-0.1, -0.05) is 0 Å². The summed E-state index contributed by atoms with van der Waals surface area (Å²) in [4.78, 5) is 19.5. The van der Waals surface area contributed by atoms with E-state index >= 15 is 0 Å². The molecule has 0 aromatic carbocycles. The summed E-state index contributed by atoms with van der Waals surface area (Å²) in [5, 5.41) is 4.58. The summed E-state index contributed by atoms with van der Waals surface area (Å²) in [6, 6.07) is 2.21. The topological polar surface area (TPSA) is 84.6 Å². The summed E-state index contributed by atoms with van der Waals surface area (Å²) >= 11 is 0. The molecule has 2 aromatic heterocycles. The van der Waals surface area contributed by atoms with Crippen molar-refractivity contribution < 1.29 is 13.2 Å². The molecule has 8 heteroatoms. The first-order valence-corrected chi connectivity index (χ1v) is 11.1. The van der Waals surface area contributed by atoms with Crippen LogP contribution in [0.4, 0.5) is 0 Å². The largest absolute Gasteiger partial charge is 0.332 e. The molecule has 7 nitrogen and oxygen atoms in total. The zero-order valence-corrected chi connectivity index (χ0v) is 15.6. The summed E-state index contributed by atoms with van der Waals surface area (Å²) in [7, 11) is -2.95. The third-order valence-corrected chi connectivity index (χ3v) is 7.94. The van der Waals surface area contributed by atoms with Crippen LogP contribution in [0.5, 0.6) is 0 Å². The predicted molar refractivity (Wildman–Crippen MR) is 95.4 cm³/mol. The summed E-state index contributed by atoms with van der Waals surface area (Å²) in [6.45, 7) is 1.96. The van der Waals surface area contributed by atoms with Crippen molar-refractivity contribution in [3.63, 3.8) is 0 Å².